The van der Waals surface area contributed by atoms with Gasteiger partial charge >= 0.3 is 6.03 Å². The summed E-state index contributed by atoms with van der Waals surface area (Å²) >= 11 is 0. The Balaban J connectivity index is 1.66. The van der Waals surface area contributed by atoms with E-state index in [9.17, 15) is 9.59 Å². The number of rotatable bonds is 5. The number of hydrogen-bond acceptors (Lipinski definition) is 3. The van der Waals surface area contributed by atoms with Crippen molar-refractivity contribution in [3.63, 3.8) is 0 Å². The summed E-state index contributed by atoms with van der Waals surface area (Å²) in [5.74, 6) is 0.197. The van der Waals surface area contributed by atoms with Crippen LogP contribution in [0.4, 0.5) is 4.79 Å². The van der Waals surface area contributed by atoms with Crippen LogP contribution >= 0.6 is 0 Å². The highest BCUT2D eigenvalue weighted by Gasteiger charge is 2.34. The van der Waals surface area contributed by atoms with Crippen LogP contribution < -0.4 is 5.32 Å². The summed E-state index contributed by atoms with van der Waals surface area (Å²) in [4.78, 5) is 29.6. The van der Waals surface area contributed by atoms with Gasteiger partial charge in [0.05, 0.1) is 6.42 Å². The van der Waals surface area contributed by atoms with Crippen LogP contribution in [0.15, 0.2) is 30.3 Å². The maximum absolute atomic E-state index is 13.3. The Morgan fingerprint density at radius 1 is 1.07 bits per heavy atom. The van der Waals surface area contributed by atoms with Crippen molar-refractivity contribution in [1.29, 1.82) is 0 Å². The second kappa shape index (κ2) is 9.92. The maximum Gasteiger partial charge on any atom is 0.317 e. The molecule has 2 saturated heterocycles. The first kappa shape index (κ1) is 20.6. The van der Waals surface area contributed by atoms with Crippen molar-refractivity contribution in [1.82, 2.24) is 15.1 Å². The zero-order valence-corrected chi connectivity index (χ0v) is 17.1. The third-order valence-corrected chi connectivity index (χ3v) is 5.63. The fraction of sp³-hybridized carbons (Fsp3) is 0.636. The first-order valence-corrected chi connectivity index (χ1v) is 10.5. The fourth-order valence-corrected chi connectivity index (χ4v) is 4.22. The minimum absolute atomic E-state index is 0.00155. The number of carbonyl (C=O) groups excluding carboxylic acids is 2. The zero-order valence-electron chi connectivity index (χ0n) is 17.1. The molecule has 28 heavy (non-hydrogen) atoms. The Labute approximate surface area is 168 Å². The molecular weight excluding hydrogens is 354 g/mol. The number of likely N-dealkylation sites (tertiary alicyclic amines) is 1. The summed E-state index contributed by atoms with van der Waals surface area (Å²) in [5.41, 5.74) is 1.05. The van der Waals surface area contributed by atoms with E-state index in [1.807, 2.05) is 49.1 Å². The first-order chi connectivity index (χ1) is 13.5. The highest BCUT2D eigenvalue weighted by atomic mass is 16.5. The number of ether oxygens (including phenoxy) is 1. The van der Waals surface area contributed by atoms with E-state index in [-0.39, 0.29) is 30.1 Å². The van der Waals surface area contributed by atoms with Gasteiger partial charge in [0, 0.05) is 44.4 Å². The zero-order chi connectivity index (χ0) is 19.9. The van der Waals surface area contributed by atoms with Crippen molar-refractivity contribution < 1.29 is 14.3 Å². The lowest BCUT2D eigenvalue weighted by molar-refractivity contribution is -0.139. The Morgan fingerprint density at radius 3 is 2.29 bits per heavy atom. The van der Waals surface area contributed by atoms with Crippen LogP contribution in [0.1, 0.15) is 45.1 Å². The van der Waals surface area contributed by atoms with Crippen molar-refractivity contribution >= 4 is 11.9 Å². The molecule has 0 unspecified atom stereocenters. The van der Waals surface area contributed by atoms with Gasteiger partial charge in [-0.15, -0.1) is 0 Å². The van der Waals surface area contributed by atoms with E-state index in [2.05, 4.69) is 10.2 Å². The highest BCUT2D eigenvalue weighted by molar-refractivity contribution is 5.79. The second-order valence-electron chi connectivity index (χ2n) is 8.13. The van der Waals surface area contributed by atoms with E-state index < -0.39 is 0 Å². The van der Waals surface area contributed by atoms with Gasteiger partial charge < -0.3 is 19.9 Å². The average Bonchev–Trinajstić information content (AvgIpc) is 2.70. The number of piperidine rings is 1. The standard InChI is InChI=1S/C22H33N3O3/c1-17(2)23-22(27)24-12-8-19(9-13-24)25(20-10-14-28-15-11-20)21(26)16-18-6-4-3-5-7-18/h3-7,17,19-20H,8-16H2,1-2H3,(H,23,27). The predicted octanol–water partition coefficient (Wildman–Crippen LogP) is 2.82. The van der Waals surface area contributed by atoms with Crippen molar-refractivity contribution in [2.75, 3.05) is 26.3 Å². The Morgan fingerprint density at radius 2 is 1.68 bits per heavy atom. The molecule has 2 fully saturated rings. The molecule has 2 aliphatic heterocycles. The molecule has 0 atom stereocenters. The lowest BCUT2D eigenvalue weighted by Crippen LogP contribution is -2.55. The minimum Gasteiger partial charge on any atom is -0.381 e. The molecule has 6 heteroatoms. The first-order valence-electron chi connectivity index (χ1n) is 10.5. The quantitative estimate of drug-likeness (QED) is 0.845. The van der Waals surface area contributed by atoms with Crippen molar-refractivity contribution in [2.24, 2.45) is 0 Å². The summed E-state index contributed by atoms with van der Waals surface area (Å²) in [6.07, 6.45) is 3.90. The number of amides is 3. The van der Waals surface area contributed by atoms with E-state index in [1.165, 1.54) is 0 Å². The molecule has 0 bridgehead atoms. The molecule has 0 spiro atoms. The monoisotopic (exact) mass is 387 g/mol. The van der Waals surface area contributed by atoms with Gasteiger partial charge in [-0.2, -0.15) is 0 Å². The largest absolute Gasteiger partial charge is 0.381 e. The third-order valence-electron chi connectivity index (χ3n) is 5.63. The van der Waals surface area contributed by atoms with E-state index in [1.54, 1.807) is 0 Å². The molecule has 3 amide bonds. The number of urea groups is 1. The number of nitrogens with one attached hydrogen (secondary N) is 1. The molecule has 1 N–H and O–H groups in total. The highest BCUT2D eigenvalue weighted by Crippen LogP contribution is 2.25. The fourth-order valence-electron chi connectivity index (χ4n) is 4.22. The van der Waals surface area contributed by atoms with Gasteiger partial charge in [-0.3, -0.25) is 4.79 Å². The van der Waals surface area contributed by atoms with Gasteiger partial charge in [0.15, 0.2) is 0 Å². The van der Waals surface area contributed by atoms with E-state index in [4.69, 9.17) is 4.74 Å². The van der Waals surface area contributed by atoms with Crippen LogP contribution in [0, 0.1) is 0 Å². The van der Waals surface area contributed by atoms with Gasteiger partial charge in [0.2, 0.25) is 5.91 Å². The van der Waals surface area contributed by atoms with Gasteiger partial charge in [-0.1, -0.05) is 30.3 Å². The van der Waals surface area contributed by atoms with Crippen LogP contribution in [0.5, 0.6) is 0 Å². The van der Waals surface area contributed by atoms with Crippen LogP contribution in [0.25, 0.3) is 0 Å². The van der Waals surface area contributed by atoms with Gasteiger partial charge in [0.1, 0.15) is 0 Å². The van der Waals surface area contributed by atoms with Gasteiger partial charge in [-0.05, 0) is 45.1 Å². The van der Waals surface area contributed by atoms with E-state index >= 15 is 0 Å². The summed E-state index contributed by atoms with van der Waals surface area (Å²) in [7, 11) is 0. The average molecular weight is 388 g/mol. The smallest absolute Gasteiger partial charge is 0.317 e. The van der Waals surface area contributed by atoms with Crippen molar-refractivity contribution in [2.45, 2.75) is 64.1 Å². The molecule has 3 rings (SSSR count). The lowest BCUT2D eigenvalue weighted by atomic mass is 9.96. The lowest BCUT2D eigenvalue weighted by Gasteiger charge is -2.43. The van der Waals surface area contributed by atoms with Crippen LogP contribution in [-0.2, 0) is 16.0 Å². The molecule has 1 aromatic carbocycles. The number of nitrogens with zero attached hydrogens (tertiary/aromatic N) is 2. The van der Waals surface area contributed by atoms with Crippen LogP contribution in [0.2, 0.25) is 0 Å². The molecule has 154 valence electrons. The van der Waals surface area contributed by atoms with Crippen LogP contribution in [-0.4, -0.2) is 66.2 Å². The summed E-state index contributed by atoms with van der Waals surface area (Å²) in [5, 5.41) is 2.97. The van der Waals surface area contributed by atoms with Gasteiger partial charge in [-0.25, -0.2) is 4.79 Å². The molecule has 0 aliphatic carbocycles. The van der Waals surface area contributed by atoms with Crippen molar-refractivity contribution in [3.05, 3.63) is 35.9 Å². The summed E-state index contributed by atoms with van der Waals surface area (Å²) in [6.45, 7) is 6.77. The summed E-state index contributed by atoms with van der Waals surface area (Å²) < 4.78 is 5.52. The SMILES string of the molecule is CC(C)NC(=O)N1CCC(N(C(=O)Cc2ccccc2)C2CCOCC2)CC1. The normalized spacial score (nSPS) is 18.9. The topological polar surface area (TPSA) is 61.9 Å². The van der Waals surface area contributed by atoms with Crippen molar-refractivity contribution in [3.8, 4) is 0 Å². The third kappa shape index (κ3) is 5.47. The molecule has 2 aliphatic rings. The second-order valence-corrected chi connectivity index (χ2v) is 8.13. The number of benzene rings is 1. The van der Waals surface area contributed by atoms with E-state index in [0.29, 0.717) is 19.5 Å². The molecular formula is C22H33N3O3. The minimum atomic E-state index is 0.00155. The molecule has 0 aromatic heterocycles. The molecule has 1 aromatic rings. The Hall–Kier alpha value is -2.08. The summed E-state index contributed by atoms with van der Waals surface area (Å²) in [6, 6.07) is 10.5. The van der Waals surface area contributed by atoms with Gasteiger partial charge in [0.25, 0.3) is 0 Å². The molecule has 6 nitrogen and oxygen atoms in total. The Kier molecular flexibility index (Phi) is 7.31. The number of carbonyl (C=O) groups is 2. The number of hydrogen-bond donors (Lipinski definition) is 1. The molecule has 2 heterocycles. The van der Waals surface area contributed by atoms with Crippen LogP contribution in [0.3, 0.4) is 0 Å². The predicted molar refractivity (Wildman–Crippen MR) is 109 cm³/mol. The van der Waals surface area contributed by atoms with E-state index in [0.717, 1.165) is 44.5 Å². The molecule has 0 saturated carbocycles. The Bertz CT molecular complexity index is 636. The molecule has 0 radical (unpaired) electrons. The maximum atomic E-state index is 13.3.